The first-order chi connectivity index (χ1) is 9.60. The lowest BCUT2D eigenvalue weighted by Crippen LogP contribution is -2.30. The van der Waals surface area contributed by atoms with E-state index in [1.165, 1.54) is 16.8 Å². The van der Waals surface area contributed by atoms with E-state index in [0.717, 1.165) is 12.3 Å². The summed E-state index contributed by atoms with van der Waals surface area (Å²) in [4.78, 5) is 2.40. The maximum Gasteiger partial charge on any atom is 0.118 e. The molecule has 0 heterocycles. The number of nitrogens with zero attached hydrogens (tertiary/aromatic N) is 1. The van der Waals surface area contributed by atoms with Crippen molar-refractivity contribution in [3.8, 4) is 5.75 Å². The molecule has 0 saturated heterocycles. The molecule has 0 atom stereocenters. The fourth-order valence-corrected chi connectivity index (χ4v) is 2.24. The lowest BCUT2D eigenvalue weighted by molar-refractivity contribution is 0.414. The molecule has 0 N–H and O–H groups in total. The molecule has 0 fully saturated rings. The van der Waals surface area contributed by atoms with Crippen molar-refractivity contribution >= 4 is 5.69 Å². The van der Waals surface area contributed by atoms with Crippen LogP contribution in [0.3, 0.4) is 0 Å². The van der Waals surface area contributed by atoms with Gasteiger partial charge in [0.15, 0.2) is 0 Å². The van der Waals surface area contributed by atoms with Crippen LogP contribution < -0.4 is 9.64 Å². The number of rotatable bonds is 5. The lowest BCUT2D eigenvalue weighted by Gasteiger charge is -2.29. The highest BCUT2D eigenvalue weighted by Gasteiger charge is 2.11. The van der Waals surface area contributed by atoms with Crippen LogP contribution in [0.25, 0.3) is 0 Å². The van der Waals surface area contributed by atoms with E-state index < -0.39 is 0 Å². The zero-order valence-electron chi connectivity index (χ0n) is 12.8. The van der Waals surface area contributed by atoms with Crippen molar-refractivity contribution in [1.82, 2.24) is 0 Å². The Morgan fingerprint density at radius 2 is 1.55 bits per heavy atom. The van der Waals surface area contributed by atoms with Gasteiger partial charge >= 0.3 is 0 Å². The highest BCUT2D eigenvalue weighted by molar-refractivity contribution is 5.49. The number of aryl methyl sites for hydroxylation is 1. The SMILES string of the molecule is COc1ccc(CN(c2ccc(C)cc2)C(C)C)cc1. The molecule has 2 rings (SSSR count). The summed E-state index contributed by atoms with van der Waals surface area (Å²) in [5.74, 6) is 0.903. The predicted molar refractivity (Wildman–Crippen MR) is 85.5 cm³/mol. The third-order valence-corrected chi connectivity index (χ3v) is 3.50. The van der Waals surface area contributed by atoms with Gasteiger partial charge in [-0.05, 0) is 50.6 Å². The van der Waals surface area contributed by atoms with Crippen LogP contribution in [-0.2, 0) is 6.54 Å². The first kappa shape index (κ1) is 14.4. The van der Waals surface area contributed by atoms with E-state index in [-0.39, 0.29) is 0 Å². The summed E-state index contributed by atoms with van der Waals surface area (Å²) >= 11 is 0. The zero-order valence-corrected chi connectivity index (χ0v) is 12.8. The van der Waals surface area contributed by atoms with E-state index >= 15 is 0 Å². The van der Waals surface area contributed by atoms with Crippen molar-refractivity contribution in [3.05, 3.63) is 59.7 Å². The largest absolute Gasteiger partial charge is 0.497 e. The summed E-state index contributed by atoms with van der Waals surface area (Å²) in [6.45, 7) is 7.48. The lowest BCUT2D eigenvalue weighted by atomic mass is 10.1. The molecule has 0 amide bonds. The van der Waals surface area contributed by atoms with Crippen LogP contribution in [-0.4, -0.2) is 13.2 Å². The second-order valence-electron chi connectivity index (χ2n) is 5.41. The second-order valence-corrected chi connectivity index (χ2v) is 5.41. The molecule has 0 bridgehead atoms. The molecule has 106 valence electrons. The van der Waals surface area contributed by atoms with E-state index in [9.17, 15) is 0 Å². The van der Waals surface area contributed by atoms with E-state index in [1.54, 1.807) is 7.11 Å². The Labute approximate surface area is 122 Å². The molecule has 0 saturated carbocycles. The minimum Gasteiger partial charge on any atom is -0.497 e. The summed E-state index contributed by atoms with van der Waals surface area (Å²) in [6.07, 6.45) is 0. The van der Waals surface area contributed by atoms with Crippen molar-refractivity contribution in [2.24, 2.45) is 0 Å². The van der Waals surface area contributed by atoms with Crippen molar-refractivity contribution < 1.29 is 4.74 Å². The van der Waals surface area contributed by atoms with Crippen LogP contribution in [0.2, 0.25) is 0 Å². The molecular weight excluding hydrogens is 246 g/mol. The van der Waals surface area contributed by atoms with Gasteiger partial charge in [0, 0.05) is 18.3 Å². The first-order valence-corrected chi connectivity index (χ1v) is 7.06. The van der Waals surface area contributed by atoms with Gasteiger partial charge in [-0.1, -0.05) is 29.8 Å². The van der Waals surface area contributed by atoms with Gasteiger partial charge in [-0.25, -0.2) is 0 Å². The van der Waals surface area contributed by atoms with Crippen LogP contribution in [0.5, 0.6) is 5.75 Å². The number of ether oxygens (including phenoxy) is 1. The predicted octanol–water partition coefficient (Wildman–Crippen LogP) is 4.42. The molecule has 2 aromatic rings. The Morgan fingerprint density at radius 3 is 2.05 bits per heavy atom. The van der Waals surface area contributed by atoms with Crippen molar-refractivity contribution in [2.45, 2.75) is 33.4 Å². The second kappa shape index (κ2) is 6.47. The van der Waals surface area contributed by atoms with Crippen LogP contribution >= 0.6 is 0 Å². The smallest absolute Gasteiger partial charge is 0.118 e. The molecule has 0 aliphatic rings. The van der Waals surface area contributed by atoms with Gasteiger partial charge in [0.05, 0.1) is 7.11 Å². The van der Waals surface area contributed by atoms with E-state index in [1.807, 2.05) is 12.1 Å². The van der Waals surface area contributed by atoms with Gasteiger partial charge < -0.3 is 9.64 Å². The van der Waals surface area contributed by atoms with Crippen LogP contribution in [0.1, 0.15) is 25.0 Å². The zero-order chi connectivity index (χ0) is 14.5. The van der Waals surface area contributed by atoms with Crippen LogP contribution in [0, 0.1) is 6.92 Å². The Hall–Kier alpha value is -1.96. The first-order valence-electron chi connectivity index (χ1n) is 7.06. The van der Waals surface area contributed by atoms with Gasteiger partial charge in [0.1, 0.15) is 5.75 Å². The summed E-state index contributed by atoms with van der Waals surface area (Å²) in [5.41, 5.74) is 3.85. The van der Waals surface area contributed by atoms with Gasteiger partial charge in [-0.15, -0.1) is 0 Å². The summed E-state index contributed by atoms with van der Waals surface area (Å²) in [6, 6.07) is 17.5. The van der Waals surface area contributed by atoms with E-state index in [0.29, 0.717) is 6.04 Å². The minimum absolute atomic E-state index is 0.458. The number of hydrogen-bond donors (Lipinski definition) is 0. The average molecular weight is 269 g/mol. The van der Waals surface area contributed by atoms with Gasteiger partial charge in [-0.2, -0.15) is 0 Å². The molecule has 2 heteroatoms. The maximum atomic E-state index is 5.21. The van der Waals surface area contributed by atoms with E-state index in [2.05, 4.69) is 62.1 Å². The number of hydrogen-bond acceptors (Lipinski definition) is 2. The van der Waals surface area contributed by atoms with Gasteiger partial charge in [0.2, 0.25) is 0 Å². The van der Waals surface area contributed by atoms with E-state index in [4.69, 9.17) is 4.74 Å². The third-order valence-electron chi connectivity index (χ3n) is 3.50. The molecule has 0 unspecified atom stereocenters. The Morgan fingerprint density at radius 1 is 0.950 bits per heavy atom. The normalized spacial score (nSPS) is 10.7. The fraction of sp³-hybridized carbons (Fsp3) is 0.333. The molecule has 20 heavy (non-hydrogen) atoms. The number of benzene rings is 2. The summed E-state index contributed by atoms with van der Waals surface area (Å²) in [7, 11) is 1.70. The molecule has 0 spiro atoms. The van der Waals surface area contributed by atoms with Crippen LogP contribution in [0.4, 0.5) is 5.69 Å². The van der Waals surface area contributed by atoms with Gasteiger partial charge in [-0.3, -0.25) is 0 Å². The topological polar surface area (TPSA) is 12.5 Å². The molecule has 0 aliphatic heterocycles. The Kier molecular flexibility index (Phi) is 4.67. The molecule has 2 nitrogen and oxygen atoms in total. The van der Waals surface area contributed by atoms with Crippen molar-refractivity contribution in [2.75, 3.05) is 12.0 Å². The Balaban J connectivity index is 2.18. The molecule has 0 aromatic heterocycles. The minimum atomic E-state index is 0.458. The number of anilines is 1. The third kappa shape index (κ3) is 3.53. The maximum absolute atomic E-state index is 5.21. The van der Waals surface area contributed by atoms with Crippen molar-refractivity contribution in [1.29, 1.82) is 0 Å². The van der Waals surface area contributed by atoms with Crippen molar-refractivity contribution in [3.63, 3.8) is 0 Å². The van der Waals surface area contributed by atoms with Gasteiger partial charge in [0.25, 0.3) is 0 Å². The molecule has 0 radical (unpaired) electrons. The fourth-order valence-electron chi connectivity index (χ4n) is 2.24. The highest BCUT2D eigenvalue weighted by Crippen LogP contribution is 2.21. The molecular formula is C18H23NO. The standard InChI is InChI=1S/C18H23NO/c1-14(2)19(17-9-5-15(3)6-10-17)13-16-7-11-18(20-4)12-8-16/h5-12,14H,13H2,1-4H3. The highest BCUT2D eigenvalue weighted by atomic mass is 16.5. The average Bonchev–Trinajstić information content (AvgIpc) is 2.46. The molecule has 2 aromatic carbocycles. The quantitative estimate of drug-likeness (QED) is 0.796. The summed E-state index contributed by atoms with van der Waals surface area (Å²) < 4.78 is 5.21. The summed E-state index contributed by atoms with van der Waals surface area (Å²) in [5, 5.41) is 0. The molecule has 0 aliphatic carbocycles. The Bertz CT molecular complexity index is 528. The van der Waals surface area contributed by atoms with Crippen LogP contribution in [0.15, 0.2) is 48.5 Å². The monoisotopic (exact) mass is 269 g/mol. The number of methoxy groups -OCH3 is 1.